The molecule has 0 spiro atoms. The quantitative estimate of drug-likeness (QED) is 0.586. The molecule has 1 aromatic carbocycles. The van der Waals surface area contributed by atoms with Gasteiger partial charge in [-0.15, -0.1) is 0 Å². The number of carbonyl (C=O) groups is 1. The van der Waals surface area contributed by atoms with E-state index < -0.39 is 9.85 Å². The van der Waals surface area contributed by atoms with Gasteiger partial charge in [0.1, 0.15) is 5.69 Å². The predicted molar refractivity (Wildman–Crippen MR) is 95.8 cm³/mol. The third kappa shape index (κ3) is 3.43. The molecular weight excluding hydrogens is 356 g/mol. The maximum absolute atomic E-state index is 12.6. The number of carbonyl (C=O) groups excluding carboxylic acids is 1. The van der Waals surface area contributed by atoms with Crippen LogP contribution in [-0.2, 0) is 7.05 Å². The van der Waals surface area contributed by atoms with Gasteiger partial charge in [0.25, 0.3) is 11.6 Å². The zero-order valence-electron chi connectivity index (χ0n) is 14.9. The van der Waals surface area contributed by atoms with E-state index >= 15 is 0 Å². The summed E-state index contributed by atoms with van der Waals surface area (Å²) in [5, 5.41) is 26.2. The molecule has 1 fully saturated rings. The summed E-state index contributed by atoms with van der Waals surface area (Å²) in [5.74, 6) is 0.208. The summed E-state index contributed by atoms with van der Waals surface area (Å²) in [6, 6.07) is 5.46. The minimum absolute atomic E-state index is 0.0207. The molecule has 1 amide bonds. The number of rotatable bonds is 4. The summed E-state index contributed by atoms with van der Waals surface area (Å²) >= 11 is 0. The van der Waals surface area contributed by atoms with Gasteiger partial charge in [0.05, 0.1) is 9.85 Å². The average molecular weight is 374 g/mol. The molecule has 2 heterocycles. The molecule has 3 rings (SSSR count). The summed E-state index contributed by atoms with van der Waals surface area (Å²) in [6.45, 7) is 3.22. The number of benzene rings is 1. The number of nitro groups is 2. The van der Waals surface area contributed by atoms with E-state index in [1.807, 2.05) is 4.90 Å². The summed E-state index contributed by atoms with van der Waals surface area (Å²) in [5.41, 5.74) is 0.626. The molecule has 11 nitrogen and oxygen atoms in total. The van der Waals surface area contributed by atoms with Crippen molar-refractivity contribution in [3.05, 3.63) is 55.8 Å². The van der Waals surface area contributed by atoms with Crippen molar-refractivity contribution in [3.63, 3.8) is 0 Å². The molecule has 1 aliphatic heterocycles. The standard InChI is InChI=1S/C16H18N6O5/c1-11-14(22(26)27)15(18(2)17-11)19-7-9-20(10-8-19)16(23)12-3-5-13(6-4-12)21(24)25/h3-6H,7-10H2,1-2H3. The largest absolute Gasteiger partial charge is 0.348 e. The van der Waals surface area contributed by atoms with Crippen LogP contribution in [0.5, 0.6) is 0 Å². The zero-order valence-corrected chi connectivity index (χ0v) is 14.9. The predicted octanol–water partition coefficient (Wildman–Crippen LogP) is 1.51. The number of aryl methyl sites for hydroxylation is 2. The van der Waals surface area contributed by atoms with Crippen LogP contribution in [0.1, 0.15) is 16.1 Å². The van der Waals surface area contributed by atoms with Gasteiger partial charge in [-0.1, -0.05) is 0 Å². The molecule has 0 unspecified atom stereocenters. The van der Waals surface area contributed by atoms with Crippen molar-refractivity contribution < 1.29 is 14.6 Å². The molecule has 27 heavy (non-hydrogen) atoms. The molecule has 1 aliphatic rings. The average Bonchev–Trinajstić information content (AvgIpc) is 2.95. The molecule has 0 bridgehead atoms. The van der Waals surface area contributed by atoms with E-state index in [0.29, 0.717) is 43.3 Å². The number of hydrogen-bond donors (Lipinski definition) is 0. The molecule has 0 aliphatic carbocycles. The molecular formula is C16H18N6O5. The molecule has 0 N–H and O–H groups in total. The fourth-order valence-corrected chi connectivity index (χ4v) is 3.23. The molecule has 1 aromatic heterocycles. The first kappa shape index (κ1) is 18.3. The van der Waals surface area contributed by atoms with Gasteiger partial charge in [0, 0.05) is 50.9 Å². The Hall–Kier alpha value is -3.50. The van der Waals surface area contributed by atoms with Crippen molar-refractivity contribution in [2.45, 2.75) is 6.92 Å². The monoisotopic (exact) mass is 374 g/mol. The molecule has 0 saturated carbocycles. The second-order valence-electron chi connectivity index (χ2n) is 6.22. The Morgan fingerprint density at radius 3 is 2.15 bits per heavy atom. The minimum atomic E-state index is -0.518. The highest BCUT2D eigenvalue weighted by atomic mass is 16.6. The Bertz CT molecular complexity index is 899. The number of hydrogen-bond acceptors (Lipinski definition) is 7. The number of non-ortho nitro benzene ring substituents is 1. The minimum Gasteiger partial charge on any atom is -0.348 e. The number of aromatic nitrogens is 2. The molecule has 0 atom stereocenters. The van der Waals surface area contributed by atoms with Crippen LogP contribution in [0.15, 0.2) is 24.3 Å². The first-order chi connectivity index (χ1) is 12.8. The van der Waals surface area contributed by atoms with E-state index in [2.05, 4.69) is 5.10 Å². The van der Waals surface area contributed by atoms with Crippen LogP contribution in [-0.4, -0.2) is 56.6 Å². The smallest absolute Gasteiger partial charge is 0.333 e. The van der Waals surface area contributed by atoms with Crippen LogP contribution < -0.4 is 4.90 Å². The van der Waals surface area contributed by atoms with Crippen molar-refractivity contribution >= 4 is 23.1 Å². The van der Waals surface area contributed by atoms with Gasteiger partial charge in [-0.05, 0) is 19.1 Å². The number of piperazine rings is 1. The van der Waals surface area contributed by atoms with Crippen molar-refractivity contribution in [1.82, 2.24) is 14.7 Å². The lowest BCUT2D eigenvalue weighted by molar-refractivity contribution is -0.385. The number of anilines is 1. The Morgan fingerprint density at radius 2 is 1.63 bits per heavy atom. The fraction of sp³-hybridized carbons (Fsp3) is 0.375. The van der Waals surface area contributed by atoms with Crippen molar-refractivity contribution in [2.75, 3.05) is 31.1 Å². The van der Waals surface area contributed by atoms with Gasteiger partial charge in [-0.3, -0.25) is 25.0 Å². The van der Waals surface area contributed by atoms with Crippen LogP contribution in [0.4, 0.5) is 17.2 Å². The van der Waals surface area contributed by atoms with E-state index in [9.17, 15) is 25.0 Å². The van der Waals surface area contributed by atoms with Crippen LogP contribution in [0.3, 0.4) is 0 Å². The van der Waals surface area contributed by atoms with Crippen molar-refractivity contribution in [1.29, 1.82) is 0 Å². The Morgan fingerprint density at radius 1 is 1.04 bits per heavy atom. The lowest BCUT2D eigenvalue weighted by Gasteiger charge is -2.35. The first-order valence-electron chi connectivity index (χ1n) is 8.26. The SMILES string of the molecule is Cc1nn(C)c(N2CCN(C(=O)c3ccc([N+](=O)[O-])cc3)CC2)c1[N+](=O)[O-]. The van der Waals surface area contributed by atoms with Crippen LogP contribution >= 0.6 is 0 Å². The number of nitrogens with zero attached hydrogens (tertiary/aromatic N) is 6. The Labute approximate surface area is 154 Å². The summed E-state index contributed by atoms with van der Waals surface area (Å²) in [6.07, 6.45) is 0. The lowest BCUT2D eigenvalue weighted by atomic mass is 10.1. The molecule has 142 valence electrons. The normalized spacial score (nSPS) is 14.3. The van der Waals surface area contributed by atoms with E-state index in [0.717, 1.165) is 0 Å². The van der Waals surface area contributed by atoms with Gasteiger partial charge in [0.2, 0.25) is 5.82 Å². The van der Waals surface area contributed by atoms with Crippen molar-refractivity contribution in [2.24, 2.45) is 7.05 Å². The Balaban J connectivity index is 1.71. The molecule has 2 aromatic rings. The van der Waals surface area contributed by atoms with Crippen LogP contribution in [0.2, 0.25) is 0 Å². The molecule has 0 radical (unpaired) electrons. The summed E-state index contributed by atoms with van der Waals surface area (Å²) in [7, 11) is 1.66. The Kier molecular flexibility index (Phi) is 4.75. The molecule has 1 saturated heterocycles. The highest BCUT2D eigenvalue weighted by molar-refractivity contribution is 5.94. The van der Waals surface area contributed by atoms with Gasteiger partial charge < -0.3 is 9.80 Å². The summed E-state index contributed by atoms with van der Waals surface area (Å²) < 4.78 is 1.49. The van der Waals surface area contributed by atoms with Gasteiger partial charge in [-0.25, -0.2) is 4.68 Å². The second-order valence-corrected chi connectivity index (χ2v) is 6.22. The maximum atomic E-state index is 12.6. The van der Waals surface area contributed by atoms with Crippen molar-refractivity contribution in [3.8, 4) is 0 Å². The van der Waals surface area contributed by atoms with Gasteiger partial charge in [0.15, 0.2) is 0 Å². The fourth-order valence-electron chi connectivity index (χ4n) is 3.23. The van der Waals surface area contributed by atoms with E-state index in [1.54, 1.807) is 18.9 Å². The second kappa shape index (κ2) is 7.02. The van der Waals surface area contributed by atoms with E-state index in [1.165, 1.54) is 28.9 Å². The highest BCUT2D eigenvalue weighted by Crippen LogP contribution is 2.31. The maximum Gasteiger partial charge on any atom is 0.333 e. The third-order valence-corrected chi connectivity index (χ3v) is 4.54. The van der Waals surface area contributed by atoms with Crippen LogP contribution in [0.25, 0.3) is 0 Å². The topological polar surface area (TPSA) is 128 Å². The summed E-state index contributed by atoms with van der Waals surface area (Å²) in [4.78, 5) is 37.2. The van der Waals surface area contributed by atoms with Gasteiger partial charge in [-0.2, -0.15) is 5.10 Å². The van der Waals surface area contributed by atoms with E-state index in [-0.39, 0.29) is 17.3 Å². The zero-order chi connectivity index (χ0) is 19.7. The van der Waals surface area contributed by atoms with Gasteiger partial charge >= 0.3 is 5.69 Å². The number of nitro benzene ring substituents is 1. The first-order valence-corrected chi connectivity index (χ1v) is 8.26. The van der Waals surface area contributed by atoms with E-state index in [4.69, 9.17) is 0 Å². The highest BCUT2D eigenvalue weighted by Gasteiger charge is 2.31. The molecule has 11 heteroatoms. The number of amides is 1. The lowest BCUT2D eigenvalue weighted by Crippen LogP contribution is -2.49. The third-order valence-electron chi connectivity index (χ3n) is 4.54. The van der Waals surface area contributed by atoms with Crippen LogP contribution in [0, 0.1) is 27.2 Å².